The smallest absolute Gasteiger partial charge is 0.0754 e. The molecule has 0 aliphatic carbocycles. The third-order valence-electron chi connectivity index (χ3n) is 2.21. The van der Waals surface area contributed by atoms with Gasteiger partial charge in [-0.25, -0.2) is 0 Å². The van der Waals surface area contributed by atoms with Gasteiger partial charge in [-0.15, -0.1) is 0 Å². The highest BCUT2D eigenvalue weighted by Gasteiger charge is 1.98. The summed E-state index contributed by atoms with van der Waals surface area (Å²) in [7, 11) is 0. The Hall–Kier alpha value is -2.29. The van der Waals surface area contributed by atoms with Crippen LogP contribution < -0.4 is 5.32 Å². The summed E-state index contributed by atoms with van der Waals surface area (Å²) in [6.45, 7) is 0. The van der Waals surface area contributed by atoms with Gasteiger partial charge in [-0.05, 0) is 18.2 Å². The van der Waals surface area contributed by atoms with Crippen molar-refractivity contribution in [1.29, 1.82) is 0 Å². The highest BCUT2D eigenvalue weighted by atomic mass is 16.4. The van der Waals surface area contributed by atoms with Crippen LogP contribution in [-0.2, 0) is 0 Å². The maximum Gasteiger partial charge on any atom is 0.0754 e. The van der Waals surface area contributed by atoms with Crippen molar-refractivity contribution >= 4 is 17.6 Å². The third kappa shape index (κ3) is 2.39. The van der Waals surface area contributed by atoms with Crippen molar-refractivity contribution in [3.05, 3.63) is 60.2 Å². The van der Waals surface area contributed by atoms with E-state index in [1.165, 1.54) is 6.21 Å². The van der Waals surface area contributed by atoms with Gasteiger partial charge in [-0.2, -0.15) is 0 Å². The first-order valence-corrected chi connectivity index (χ1v) is 4.98. The zero-order valence-corrected chi connectivity index (χ0v) is 8.67. The van der Waals surface area contributed by atoms with Gasteiger partial charge in [0.05, 0.1) is 6.21 Å². The molecule has 16 heavy (non-hydrogen) atoms. The van der Waals surface area contributed by atoms with Crippen LogP contribution in [0.2, 0.25) is 0 Å². The molecule has 0 spiro atoms. The summed E-state index contributed by atoms with van der Waals surface area (Å²) >= 11 is 0. The fourth-order valence-corrected chi connectivity index (χ4v) is 1.46. The van der Waals surface area contributed by atoms with Gasteiger partial charge in [0.25, 0.3) is 0 Å². The average molecular weight is 212 g/mol. The molecule has 80 valence electrons. The minimum absolute atomic E-state index is 0.842. The highest BCUT2D eigenvalue weighted by molar-refractivity contribution is 5.88. The normalized spacial score (nSPS) is 10.5. The van der Waals surface area contributed by atoms with E-state index in [9.17, 15) is 0 Å². The standard InChI is InChI=1S/C13H12N2O/c16-14-10-11-6-4-5-9-13(11)15-12-7-2-1-3-8-12/h1-10,15-16H/b14-10+. The molecule has 0 bridgehead atoms. The van der Waals surface area contributed by atoms with Crippen LogP contribution >= 0.6 is 0 Å². The van der Waals surface area contributed by atoms with Crippen molar-refractivity contribution in [1.82, 2.24) is 0 Å². The Labute approximate surface area is 94.0 Å². The van der Waals surface area contributed by atoms with Crippen molar-refractivity contribution < 1.29 is 5.21 Å². The summed E-state index contributed by atoms with van der Waals surface area (Å²) < 4.78 is 0. The van der Waals surface area contributed by atoms with Crippen molar-refractivity contribution in [2.45, 2.75) is 0 Å². The second-order valence-corrected chi connectivity index (χ2v) is 3.32. The topological polar surface area (TPSA) is 44.6 Å². The third-order valence-corrected chi connectivity index (χ3v) is 2.21. The van der Waals surface area contributed by atoms with E-state index in [0.29, 0.717) is 0 Å². The predicted molar refractivity (Wildman–Crippen MR) is 65.5 cm³/mol. The minimum atomic E-state index is 0.842. The molecule has 2 aromatic carbocycles. The summed E-state index contributed by atoms with van der Waals surface area (Å²) in [6, 6.07) is 17.5. The Kier molecular flexibility index (Phi) is 3.18. The second kappa shape index (κ2) is 4.98. The highest BCUT2D eigenvalue weighted by Crippen LogP contribution is 2.18. The van der Waals surface area contributed by atoms with Crippen molar-refractivity contribution in [2.24, 2.45) is 5.16 Å². The molecule has 0 aromatic heterocycles. The summed E-state index contributed by atoms with van der Waals surface area (Å²) in [4.78, 5) is 0. The zero-order chi connectivity index (χ0) is 11.2. The maximum absolute atomic E-state index is 8.55. The number of hydrogen-bond acceptors (Lipinski definition) is 3. The van der Waals surface area contributed by atoms with E-state index in [2.05, 4.69) is 10.5 Å². The van der Waals surface area contributed by atoms with Crippen molar-refractivity contribution in [3.8, 4) is 0 Å². The SMILES string of the molecule is O/N=C/c1ccccc1Nc1ccccc1. The lowest BCUT2D eigenvalue weighted by Crippen LogP contribution is -1.94. The fraction of sp³-hybridized carbons (Fsp3) is 0. The Morgan fingerprint density at radius 1 is 0.938 bits per heavy atom. The van der Waals surface area contributed by atoms with E-state index < -0.39 is 0 Å². The predicted octanol–water partition coefficient (Wildman–Crippen LogP) is 3.24. The second-order valence-electron chi connectivity index (χ2n) is 3.32. The van der Waals surface area contributed by atoms with E-state index >= 15 is 0 Å². The molecule has 0 aliphatic rings. The molecule has 2 rings (SSSR count). The van der Waals surface area contributed by atoms with Crippen molar-refractivity contribution in [3.63, 3.8) is 0 Å². The Morgan fingerprint density at radius 2 is 1.62 bits per heavy atom. The first-order chi connectivity index (χ1) is 7.90. The number of anilines is 2. The summed E-state index contributed by atoms with van der Waals surface area (Å²) in [5, 5.41) is 14.9. The van der Waals surface area contributed by atoms with Crippen LogP contribution in [0.5, 0.6) is 0 Å². The molecular weight excluding hydrogens is 200 g/mol. The fourth-order valence-electron chi connectivity index (χ4n) is 1.46. The maximum atomic E-state index is 8.55. The Balaban J connectivity index is 2.28. The first kappa shape index (κ1) is 10.2. The van der Waals surface area contributed by atoms with Gasteiger partial charge >= 0.3 is 0 Å². The Morgan fingerprint density at radius 3 is 2.38 bits per heavy atom. The quantitative estimate of drug-likeness (QED) is 0.466. The number of nitrogens with zero attached hydrogens (tertiary/aromatic N) is 1. The molecule has 0 amide bonds. The molecule has 0 saturated heterocycles. The van der Waals surface area contributed by atoms with Crippen LogP contribution in [0.4, 0.5) is 11.4 Å². The monoisotopic (exact) mass is 212 g/mol. The van der Waals surface area contributed by atoms with Crippen LogP contribution in [0.25, 0.3) is 0 Å². The summed E-state index contributed by atoms with van der Waals surface area (Å²) in [5.74, 6) is 0. The zero-order valence-electron chi connectivity index (χ0n) is 8.67. The van der Waals surface area contributed by atoms with Gasteiger partial charge < -0.3 is 10.5 Å². The van der Waals surface area contributed by atoms with Gasteiger partial charge in [0.15, 0.2) is 0 Å². The van der Waals surface area contributed by atoms with E-state index in [1.54, 1.807) is 0 Å². The molecule has 0 fully saturated rings. The largest absolute Gasteiger partial charge is 0.411 e. The summed E-state index contributed by atoms with van der Waals surface area (Å²) in [5.41, 5.74) is 2.75. The molecule has 2 aromatic rings. The lowest BCUT2D eigenvalue weighted by Gasteiger charge is -2.08. The van der Waals surface area contributed by atoms with Gasteiger partial charge in [-0.3, -0.25) is 0 Å². The molecule has 3 heteroatoms. The summed E-state index contributed by atoms with van der Waals surface area (Å²) in [6.07, 6.45) is 1.41. The number of rotatable bonds is 3. The number of nitrogens with one attached hydrogen (secondary N) is 1. The molecule has 0 unspecified atom stereocenters. The van der Waals surface area contributed by atoms with Gasteiger partial charge in [0, 0.05) is 16.9 Å². The molecular formula is C13H12N2O. The van der Waals surface area contributed by atoms with E-state index in [1.807, 2.05) is 54.6 Å². The van der Waals surface area contributed by atoms with E-state index in [4.69, 9.17) is 5.21 Å². The van der Waals surface area contributed by atoms with E-state index in [0.717, 1.165) is 16.9 Å². The van der Waals surface area contributed by atoms with Gasteiger partial charge in [-0.1, -0.05) is 41.6 Å². The first-order valence-electron chi connectivity index (χ1n) is 4.98. The van der Waals surface area contributed by atoms with Crippen LogP contribution in [0, 0.1) is 0 Å². The molecule has 3 nitrogen and oxygen atoms in total. The van der Waals surface area contributed by atoms with Gasteiger partial charge in [0.2, 0.25) is 0 Å². The number of hydrogen-bond donors (Lipinski definition) is 2. The molecule has 2 N–H and O–H groups in total. The minimum Gasteiger partial charge on any atom is -0.411 e. The molecule has 0 radical (unpaired) electrons. The number of para-hydroxylation sites is 2. The van der Waals surface area contributed by atoms with Crippen LogP contribution in [0.3, 0.4) is 0 Å². The van der Waals surface area contributed by atoms with Crippen LogP contribution in [0.1, 0.15) is 5.56 Å². The van der Waals surface area contributed by atoms with Crippen LogP contribution in [0.15, 0.2) is 59.8 Å². The lowest BCUT2D eigenvalue weighted by atomic mass is 10.2. The molecule has 0 atom stereocenters. The number of oxime groups is 1. The van der Waals surface area contributed by atoms with Crippen LogP contribution in [-0.4, -0.2) is 11.4 Å². The average Bonchev–Trinajstić information content (AvgIpc) is 2.33. The van der Waals surface area contributed by atoms with E-state index in [-0.39, 0.29) is 0 Å². The van der Waals surface area contributed by atoms with Gasteiger partial charge in [0.1, 0.15) is 0 Å². The number of benzene rings is 2. The Bertz CT molecular complexity index is 480. The molecule has 0 saturated carbocycles. The molecule has 0 heterocycles. The molecule has 0 aliphatic heterocycles. The lowest BCUT2D eigenvalue weighted by molar-refractivity contribution is 0.322. The van der Waals surface area contributed by atoms with Crippen molar-refractivity contribution in [2.75, 3.05) is 5.32 Å².